The van der Waals surface area contributed by atoms with Gasteiger partial charge in [-0.05, 0) is 60.9 Å². The number of hydrogen-bond donors (Lipinski definition) is 2. The maximum absolute atomic E-state index is 13.0. The average Bonchev–Trinajstić information content (AvgIpc) is 3.24. The van der Waals surface area contributed by atoms with E-state index in [1.54, 1.807) is 12.3 Å². The second kappa shape index (κ2) is 9.05. The Morgan fingerprint density at radius 3 is 2.67 bits per heavy atom. The smallest absolute Gasteiger partial charge is 0.257 e. The SMILES string of the molecule is Cc1ccccc1CN[C@@H]1CCN(c2ccc(C(=O)Nc3ccc(F)cc3)cn2)C1. The van der Waals surface area contributed by atoms with Crippen LogP contribution in [-0.4, -0.2) is 30.0 Å². The van der Waals surface area contributed by atoms with Gasteiger partial charge >= 0.3 is 0 Å². The molecule has 2 aromatic carbocycles. The first-order valence-corrected chi connectivity index (χ1v) is 10.1. The largest absolute Gasteiger partial charge is 0.355 e. The highest BCUT2D eigenvalue weighted by molar-refractivity contribution is 6.04. The van der Waals surface area contributed by atoms with E-state index in [0.717, 1.165) is 31.9 Å². The number of aryl methyl sites for hydroxylation is 1. The highest BCUT2D eigenvalue weighted by Gasteiger charge is 2.23. The van der Waals surface area contributed by atoms with Gasteiger partial charge in [-0.15, -0.1) is 0 Å². The minimum Gasteiger partial charge on any atom is -0.355 e. The number of pyridine rings is 1. The fraction of sp³-hybridized carbons (Fsp3) is 0.250. The summed E-state index contributed by atoms with van der Waals surface area (Å²) in [6, 6.07) is 18.2. The zero-order valence-electron chi connectivity index (χ0n) is 16.9. The second-order valence-corrected chi connectivity index (χ2v) is 7.61. The van der Waals surface area contributed by atoms with Gasteiger partial charge < -0.3 is 15.5 Å². The summed E-state index contributed by atoms with van der Waals surface area (Å²) in [5.74, 6) is 0.268. The van der Waals surface area contributed by atoms with Crippen LogP contribution in [-0.2, 0) is 6.54 Å². The molecular formula is C24H25FN4O. The standard InChI is InChI=1S/C24H25FN4O/c1-17-4-2-3-5-18(17)14-26-22-12-13-29(16-22)23-11-6-19(15-27-23)24(30)28-21-9-7-20(25)8-10-21/h2-11,15,22,26H,12-14,16H2,1H3,(H,28,30)/t22-/m1/s1. The van der Waals surface area contributed by atoms with E-state index in [0.29, 0.717) is 17.3 Å². The minimum atomic E-state index is -0.337. The molecule has 0 spiro atoms. The number of rotatable bonds is 6. The minimum absolute atomic E-state index is 0.264. The van der Waals surface area contributed by atoms with Gasteiger partial charge in [0.05, 0.1) is 5.56 Å². The molecule has 0 bridgehead atoms. The lowest BCUT2D eigenvalue weighted by Crippen LogP contribution is -2.32. The van der Waals surface area contributed by atoms with E-state index < -0.39 is 0 Å². The van der Waals surface area contributed by atoms with Crippen molar-refractivity contribution in [2.45, 2.75) is 25.9 Å². The number of nitrogens with zero attached hydrogens (tertiary/aromatic N) is 2. The molecule has 1 aliphatic heterocycles. The third-order valence-corrected chi connectivity index (χ3v) is 5.47. The molecule has 1 amide bonds. The molecule has 0 aliphatic carbocycles. The summed E-state index contributed by atoms with van der Waals surface area (Å²) in [6.07, 6.45) is 2.64. The van der Waals surface area contributed by atoms with Crippen molar-refractivity contribution < 1.29 is 9.18 Å². The molecule has 154 valence electrons. The molecule has 1 aromatic heterocycles. The first-order chi connectivity index (χ1) is 14.6. The van der Waals surface area contributed by atoms with Gasteiger partial charge in [-0.25, -0.2) is 9.37 Å². The molecule has 1 atom stereocenters. The third kappa shape index (κ3) is 4.83. The van der Waals surface area contributed by atoms with E-state index in [1.165, 1.54) is 35.4 Å². The van der Waals surface area contributed by atoms with Crippen molar-refractivity contribution in [1.82, 2.24) is 10.3 Å². The van der Waals surface area contributed by atoms with E-state index in [9.17, 15) is 9.18 Å². The number of nitrogens with one attached hydrogen (secondary N) is 2. The number of aromatic nitrogens is 1. The molecular weight excluding hydrogens is 379 g/mol. The van der Waals surface area contributed by atoms with Crippen LogP contribution in [0.1, 0.15) is 27.9 Å². The molecule has 2 N–H and O–H groups in total. The van der Waals surface area contributed by atoms with Crippen molar-refractivity contribution in [2.75, 3.05) is 23.3 Å². The van der Waals surface area contributed by atoms with Crippen LogP contribution >= 0.6 is 0 Å². The lowest BCUT2D eigenvalue weighted by molar-refractivity contribution is 0.102. The lowest BCUT2D eigenvalue weighted by Gasteiger charge is -2.18. The number of benzene rings is 2. The van der Waals surface area contributed by atoms with Crippen LogP contribution in [0, 0.1) is 12.7 Å². The van der Waals surface area contributed by atoms with Crippen molar-refractivity contribution in [3.05, 3.63) is 89.4 Å². The van der Waals surface area contributed by atoms with Crippen molar-refractivity contribution in [2.24, 2.45) is 0 Å². The van der Waals surface area contributed by atoms with Crippen LogP contribution in [0.3, 0.4) is 0 Å². The maximum Gasteiger partial charge on any atom is 0.257 e. The fourth-order valence-electron chi connectivity index (χ4n) is 3.64. The summed E-state index contributed by atoms with van der Waals surface area (Å²) in [5.41, 5.74) is 3.64. The van der Waals surface area contributed by atoms with Crippen LogP contribution in [0.25, 0.3) is 0 Å². The van der Waals surface area contributed by atoms with Crippen LogP contribution < -0.4 is 15.5 Å². The molecule has 6 heteroatoms. The van der Waals surface area contributed by atoms with Crippen LogP contribution in [0.15, 0.2) is 66.9 Å². The van der Waals surface area contributed by atoms with Crippen molar-refractivity contribution in [1.29, 1.82) is 0 Å². The Morgan fingerprint density at radius 1 is 1.13 bits per heavy atom. The van der Waals surface area contributed by atoms with Gasteiger partial charge in [0.1, 0.15) is 11.6 Å². The monoisotopic (exact) mass is 404 g/mol. The zero-order valence-corrected chi connectivity index (χ0v) is 16.9. The number of anilines is 2. The van der Waals surface area contributed by atoms with Gasteiger partial charge in [-0.3, -0.25) is 4.79 Å². The molecule has 3 aromatic rings. The summed E-state index contributed by atoms with van der Waals surface area (Å²) < 4.78 is 13.0. The Morgan fingerprint density at radius 2 is 1.93 bits per heavy atom. The highest BCUT2D eigenvalue weighted by Crippen LogP contribution is 2.19. The first-order valence-electron chi connectivity index (χ1n) is 10.1. The fourth-order valence-corrected chi connectivity index (χ4v) is 3.64. The Kier molecular flexibility index (Phi) is 6.05. The normalized spacial score (nSPS) is 15.9. The van der Waals surface area contributed by atoms with E-state index in [-0.39, 0.29) is 11.7 Å². The average molecular weight is 404 g/mol. The van der Waals surface area contributed by atoms with E-state index in [4.69, 9.17) is 0 Å². The number of carbonyl (C=O) groups excluding carboxylic acids is 1. The van der Waals surface area contributed by atoms with Crippen molar-refractivity contribution >= 4 is 17.4 Å². The van der Waals surface area contributed by atoms with Gasteiger partial charge in [0.15, 0.2) is 0 Å². The number of hydrogen-bond acceptors (Lipinski definition) is 4. The summed E-state index contributed by atoms with van der Waals surface area (Å²) in [6.45, 7) is 4.82. The molecule has 0 radical (unpaired) electrons. The predicted molar refractivity (Wildman–Crippen MR) is 117 cm³/mol. The zero-order chi connectivity index (χ0) is 20.9. The number of halogens is 1. The third-order valence-electron chi connectivity index (χ3n) is 5.47. The Bertz CT molecular complexity index is 1000. The topological polar surface area (TPSA) is 57.3 Å². The maximum atomic E-state index is 13.0. The molecule has 30 heavy (non-hydrogen) atoms. The molecule has 1 aliphatic rings. The van der Waals surface area contributed by atoms with Crippen molar-refractivity contribution in [3.63, 3.8) is 0 Å². The quantitative estimate of drug-likeness (QED) is 0.648. The van der Waals surface area contributed by atoms with E-state index >= 15 is 0 Å². The van der Waals surface area contributed by atoms with E-state index in [1.807, 2.05) is 6.07 Å². The molecule has 1 saturated heterocycles. The van der Waals surface area contributed by atoms with Gasteiger partial charge in [0.25, 0.3) is 5.91 Å². The van der Waals surface area contributed by atoms with Gasteiger partial charge in [0, 0.05) is 37.6 Å². The molecule has 0 unspecified atom stereocenters. The Balaban J connectivity index is 1.31. The molecule has 1 fully saturated rings. The van der Waals surface area contributed by atoms with Crippen molar-refractivity contribution in [3.8, 4) is 0 Å². The number of amides is 1. The van der Waals surface area contributed by atoms with Gasteiger partial charge in [-0.1, -0.05) is 24.3 Å². The highest BCUT2D eigenvalue weighted by atomic mass is 19.1. The van der Waals surface area contributed by atoms with Crippen LogP contribution in [0.4, 0.5) is 15.9 Å². The Labute approximate surface area is 176 Å². The predicted octanol–water partition coefficient (Wildman–Crippen LogP) is 4.15. The molecule has 5 nitrogen and oxygen atoms in total. The lowest BCUT2D eigenvalue weighted by atomic mass is 10.1. The summed E-state index contributed by atoms with van der Waals surface area (Å²) in [7, 11) is 0. The Hall–Kier alpha value is -3.25. The van der Waals surface area contributed by atoms with E-state index in [2.05, 4.69) is 51.7 Å². The van der Waals surface area contributed by atoms with Crippen LogP contribution in [0.5, 0.6) is 0 Å². The molecule has 0 saturated carbocycles. The first kappa shape index (κ1) is 20.0. The summed E-state index contributed by atoms with van der Waals surface area (Å²) >= 11 is 0. The number of carbonyl (C=O) groups is 1. The van der Waals surface area contributed by atoms with Gasteiger partial charge in [-0.2, -0.15) is 0 Å². The molecule has 2 heterocycles. The summed E-state index contributed by atoms with van der Waals surface area (Å²) in [5, 5.41) is 6.39. The van der Waals surface area contributed by atoms with Crippen LogP contribution in [0.2, 0.25) is 0 Å². The summed E-state index contributed by atoms with van der Waals surface area (Å²) in [4.78, 5) is 19.1. The van der Waals surface area contributed by atoms with Gasteiger partial charge in [0.2, 0.25) is 0 Å². The second-order valence-electron chi connectivity index (χ2n) is 7.61. The molecule has 4 rings (SSSR count).